The summed E-state index contributed by atoms with van der Waals surface area (Å²) in [7, 11) is -1.44. The average molecular weight is 379 g/mol. The third-order valence-corrected chi connectivity index (χ3v) is 6.91. The Balaban J connectivity index is 2.03. The summed E-state index contributed by atoms with van der Waals surface area (Å²) in [5, 5.41) is 2.65. The second kappa shape index (κ2) is 7.32. The van der Waals surface area contributed by atoms with Crippen molar-refractivity contribution in [3.8, 4) is 0 Å². The quantitative estimate of drug-likeness (QED) is 0.838. The van der Waals surface area contributed by atoms with Gasteiger partial charge in [-0.15, -0.1) is 11.3 Å². The smallest absolute Gasteiger partial charge is 0.185 e. The zero-order valence-corrected chi connectivity index (χ0v) is 15.5. The van der Waals surface area contributed by atoms with Gasteiger partial charge < -0.3 is 4.90 Å². The lowest BCUT2D eigenvalue weighted by atomic mass is 10.3. The van der Waals surface area contributed by atoms with Crippen LogP contribution in [0.4, 0.5) is 0 Å². The van der Waals surface area contributed by atoms with E-state index in [2.05, 4.69) is 18.4 Å². The Morgan fingerprint density at radius 3 is 2.59 bits per heavy atom. The van der Waals surface area contributed by atoms with Crippen LogP contribution in [0.25, 0.3) is 0 Å². The molecule has 0 fully saturated rings. The lowest BCUT2D eigenvalue weighted by molar-refractivity contribution is -0.890. The first-order valence-electron chi connectivity index (χ1n) is 6.81. The van der Waals surface area contributed by atoms with Crippen LogP contribution in [-0.4, -0.2) is 27.8 Å². The van der Waals surface area contributed by atoms with Gasteiger partial charge in [0.15, 0.2) is 9.84 Å². The Labute approximate surface area is 145 Å². The predicted molar refractivity (Wildman–Crippen MR) is 93.0 cm³/mol. The number of rotatable bonds is 6. The van der Waals surface area contributed by atoms with Crippen LogP contribution in [0.1, 0.15) is 10.4 Å². The highest BCUT2D eigenvalue weighted by molar-refractivity contribution is 7.91. The van der Waals surface area contributed by atoms with Crippen molar-refractivity contribution in [2.75, 3.05) is 19.3 Å². The monoisotopic (exact) mass is 378 g/mol. The highest BCUT2D eigenvalue weighted by Crippen LogP contribution is 2.25. The van der Waals surface area contributed by atoms with Crippen LogP contribution in [-0.2, 0) is 16.4 Å². The normalized spacial score (nSPS) is 13.3. The van der Waals surface area contributed by atoms with Gasteiger partial charge in [-0.2, -0.15) is 0 Å². The van der Waals surface area contributed by atoms with Crippen LogP contribution >= 0.6 is 34.5 Å². The molecule has 0 amide bonds. The second-order valence-electron chi connectivity index (χ2n) is 5.30. The van der Waals surface area contributed by atoms with Gasteiger partial charge in [0.05, 0.1) is 28.4 Å². The molecule has 3 nitrogen and oxygen atoms in total. The molecular weight excluding hydrogens is 361 g/mol. The molecule has 0 saturated heterocycles. The minimum Gasteiger partial charge on any atom is -0.332 e. The second-order valence-corrected chi connectivity index (χ2v) is 9.23. The first-order chi connectivity index (χ1) is 10.3. The van der Waals surface area contributed by atoms with Crippen LogP contribution < -0.4 is 4.90 Å². The zero-order valence-electron chi connectivity index (χ0n) is 12.4. The van der Waals surface area contributed by atoms with E-state index in [0.29, 0.717) is 11.6 Å². The maximum Gasteiger partial charge on any atom is 0.185 e. The summed E-state index contributed by atoms with van der Waals surface area (Å²) >= 11 is 13.6. The lowest BCUT2D eigenvalue weighted by Crippen LogP contribution is -3.08. The molecule has 120 valence electrons. The fourth-order valence-electron chi connectivity index (χ4n) is 2.08. The van der Waals surface area contributed by atoms with E-state index in [4.69, 9.17) is 23.2 Å². The van der Waals surface area contributed by atoms with Crippen molar-refractivity contribution in [1.29, 1.82) is 0 Å². The van der Waals surface area contributed by atoms with Crippen molar-refractivity contribution in [1.82, 2.24) is 0 Å². The molecule has 1 aromatic heterocycles. The number of sulfone groups is 1. The molecule has 0 saturated carbocycles. The number of nitrogens with one attached hydrogen (secondary N) is 1. The third-order valence-electron chi connectivity index (χ3n) is 3.46. The van der Waals surface area contributed by atoms with Gasteiger partial charge in [-0.1, -0.05) is 23.2 Å². The number of benzene rings is 1. The van der Waals surface area contributed by atoms with Crippen molar-refractivity contribution in [3.63, 3.8) is 0 Å². The molecule has 0 bridgehead atoms. The molecule has 2 aromatic rings. The molecule has 0 aliphatic heterocycles. The van der Waals surface area contributed by atoms with Crippen LogP contribution in [0.3, 0.4) is 0 Å². The van der Waals surface area contributed by atoms with E-state index in [1.807, 2.05) is 7.05 Å². The SMILES string of the molecule is Cc1ccsc1C[NH+](C)CCS(=O)(=O)c1cc(Cl)ccc1Cl. The molecule has 7 heteroatoms. The van der Waals surface area contributed by atoms with E-state index in [1.54, 1.807) is 17.4 Å². The van der Waals surface area contributed by atoms with Crippen LogP contribution in [0.2, 0.25) is 10.0 Å². The third kappa shape index (κ3) is 4.46. The summed E-state index contributed by atoms with van der Waals surface area (Å²) in [6.07, 6.45) is 0. The standard InChI is InChI=1S/C15H17Cl2NO2S2/c1-11-5-7-21-14(11)10-18(2)6-8-22(19,20)15-9-12(16)3-4-13(15)17/h3-5,7,9H,6,8,10H2,1-2H3/p+1. The summed E-state index contributed by atoms with van der Waals surface area (Å²) in [5.74, 6) is 0.0450. The lowest BCUT2D eigenvalue weighted by Gasteiger charge is -2.14. The fraction of sp³-hybridized carbons (Fsp3) is 0.333. The van der Waals surface area contributed by atoms with Gasteiger partial charge in [0.25, 0.3) is 0 Å². The Kier molecular flexibility index (Phi) is 5.91. The minimum absolute atomic E-state index is 0.0450. The van der Waals surface area contributed by atoms with E-state index >= 15 is 0 Å². The molecule has 1 atom stereocenters. The minimum atomic E-state index is -3.43. The molecule has 1 unspecified atom stereocenters. The molecule has 0 spiro atoms. The van der Waals surface area contributed by atoms with Gasteiger partial charge in [-0.05, 0) is 42.1 Å². The van der Waals surface area contributed by atoms with Crippen molar-refractivity contribution in [2.24, 2.45) is 0 Å². The summed E-state index contributed by atoms with van der Waals surface area (Å²) < 4.78 is 24.9. The molecule has 2 rings (SSSR count). The van der Waals surface area contributed by atoms with Gasteiger partial charge in [0.1, 0.15) is 12.3 Å². The Bertz CT molecular complexity index is 757. The zero-order chi connectivity index (χ0) is 16.3. The number of hydrogen-bond acceptors (Lipinski definition) is 3. The van der Waals surface area contributed by atoms with Gasteiger partial charge >= 0.3 is 0 Å². The summed E-state index contributed by atoms with van der Waals surface area (Å²) in [4.78, 5) is 2.55. The van der Waals surface area contributed by atoms with Crippen LogP contribution in [0.15, 0.2) is 34.5 Å². The molecule has 0 aliphatic rings. The van der Waals surface area contributed by atoms with E-state index in [1.165, 1.54) is 22.6 Å². The Hall–Kier alpha value is -0.590. The summed E-state index contributed by atoms with van der Waals surface area (Å²) in [5.41, 5.74) is 1.25. The Morgan fingerprint density at radius 2 is 1.95 bits per heavy atom. The highest BCUT2D eigenvalue weighted by Gasteiger charge is 2.21. The number of thiophene rings is 1. The van der Waals surface area contributed by atoms with E-state index < -0.39 is 9.84 Å². The number of hydrogen-bond donors (Lipinski definition) is 1. The van der Waals surface area contributed by atoms with E-state index in [9.17, 15) is 8.42 Å². The van der Waals surface area contributed by atoms with Gasteiger partial charge in [-0.25, -0.2) is 8.42 Å². The molecule has 0 radical (unpaired) electrons. The van der Waals surface area contributed by atoms with Crippen molar-refractivity contribution >= 4 is 44.4 Å². The highest BCUT2D eigenvalue weighted by atomic mass is 35.5. The molecule has 0 aliphatic carbocycles. The Morgan fingerprint density at radius 1 is 1.23 bits per heavy atom. The molecule has 1 heterocycles. The van der Waals surface area contributed by atoms with E-state index in [-0.39, 0.29) is 15.7 Å². The molecule has 1 aromatic carbocycles. The van der Waals surface area contributed by atoms with Gasteiger partial charge in [0, 0.05) is 5.02 Å². The maximum atomic E-state index is 12.4. The van der Waals surface area contributed by atoms with Crippen molar-refractivity contribution < 1.29 is 13.3 Å². The molecular formula is C15H18Cl2NO2S2+. The van der Waals surface area contributed by atoms with Crippen LogP contribution in [0, 0.1) is 6.92 Å². The van der Waals surface area contributed by atoms with Crippen molar-refractivity contribution in [2.45, 2.75) is 18.4 Å². The predicted octanol–water partition coefficient (Wildman–Crippen LogP) is 2.85. The van der Waals surface area contributed by atoms with Gasteiger partial charge in [-0.3, -0.25) is 0 Å². The van der Waals surface area contributed by atoms with Crippen LogP contribution in [0.5, 0.6) is 0 Å². The topological polar surface area (TPSA) is 38.6 Å². The summed E-state index contributed by atoms with van der Waals surface area (Å²) in [6, 6.07) is 6.59. The molecule has 1 N–H and O–H groups in total. The number of halogens is 2. The van der Waals surface area contributed by atoms with E-state index in [0.717, 1.165) is 11.4 Å². The average Bonchev–Trinajstić information content (AvgIpc) is 2.85. The van der Waals surface area contributed by atoms with Gasteiger partial charge in [0.2, 0.25) is 0 Å². The first-order valence-corrected chi connectivity index (χ1v) is 10.1. The fourth-order valence-corrected chi connectivity index (χ4v) is 5.32. The summed E-state index contributed by atoms with van der Waals surface area (Å²) in [6.45, 7) is 3.41. The largest absolute Gasteiger partial charge is 0.332 e. The molecule has 22 heavy (non-hydrogen) atoms. The maximum absolute atomic E-state index is 12.4. The number of aryl methyl sites for hydroxylation is 1. The number of quaternary nitrogens is 1. The van der Waals surface area contributed by atoms with Crippen molar-refractivity contribution in [3.05, 3.63) is 50.1 Å². The first kappa shape index (κ1) is 17.8.